The number of anilines is 3. The molecule has 2 nitrogen and oxygen atoms in total. The molecular weight excluding hydrogens is 687 g/mol. The second kappa shape index (κ2) is 11.8. The van der Waals surface area contributed by atoms with Crippen LogP contribution in [0.4, 0.5) is 17.1 Å². The van der Waals surface area contributed by atoms with Crippen molar-refractivity contribution in [2.75, 3.05) is 4.90 Å². The van der Waals surface area contributed by atoms with Crippen LogP contribution in [0.3, 0.4) is 0 Å². The predicted octanol–water partition coefficient (Wildman–Crippen LogP) is 15.7. The van der Waals surface area contributed by atoms with Gasteiger partial charge in [0.15, 0.2) is 0 Å². The zero-order chi connectivity index (χ0) is 36.0. The quantitative estimate of drug-likeness (QED) is 0.169. The van der Waals surface area contributed by atoms with E-state index in [0.29, 0.717) is 0 Å². The molecule has 2 aromatic heterocycles. The van der Waals surface area contributed by atoms with Crippen molar-refractivity contribution in [3.05, 3.63) is 188 Å². The van der Waals surface area contributed by atoms with Crippen molar-refractivity contribution in [2.24, 2.45) is 0 Å². The van der Waals surface area contributed by atoms with Crippen LogP contribution in [0.15, 0.2) is 192 Å². The monoisotopic (exact) mass is 717 g/mol. The zero-order valence-electron chi connectivity index (χ0n) is 29.7. The summed E-state index contributed by atoms with van der Waals surface area (Å²) in [5.74, 6) is 0. The molecule has 0 aliphatic carbocycles. The Morgan fingerprint density at radius 3 is 1.87 bits per heavy atom. The van der Waals surface area contributed by atoms with Crippen molar-refractivity contribution in [3.63, 3.8) is 0 Å². The molecule has 12 rings (SSSR count). The third kappa shape index (κ3) is 4.67. The molecule has 0 aliphatic rings. The van der Waals surface area contributed by atoms with Gasteiger partial charge in [-0.15, -0.1) is 11.3 Å². The molecule has 55 heavy (non-hydrogen) atoms. The Morgan fingerprint density at radius 1 is 0.364 bits per heavy atom. The third-order valence-corrected chi connectivity index (χ3v) is 12.5. The summed E-state index contributed by atoms with van der Waals surface area (Å²) in [7, 11) is 0. The van der Waals surface area contributed by atoms with Gasteiger partial charge in [-0.3, -0.25) is 0 Å². The van der Waals surface area contributed by atoms with E-state index in [0.717, 1.165) is 44.6 Å². The van der Waals surface area contributed by atoms with E-state index >= 15 is 0 Å². The van der Waals surface area contributed by atoms with Gasteiger partial charge in [-0.05, 0) is 109 Å². The minimum atomic E-state index is 0.912. The van der Waals surface area contributed by atoms with Crippen molar-refractivity contribution < 1.29 is 4.42 Å². The highest BCUT2D eigenvalue weighted by Gasteiger charge is 2.20. The van der Waals surface area contributed by atoms with Crippen LogP contribution in [-0.4, -0.2) is 0 Å². The number of rotatable bonds is 4. The first-order valence-electron chi connectivity index (χ1n) is 18.7. The maximum absolute atomic E-state index is 6.36. The van der Waals surface area contributed by atoms with Gasteiger partial charge >= 0.3 is 0 Å². The summed E-state index contributed by atoms with van der Waals surface area (Å²) < 4.78 is 8.90. The highest BCUT2D eigenvalue weighted by Crippen LogP contribution is 2.46. The van der Waals surface area contributed by atoms with Gasteiger partial charge in [0.05, 0.1) is 5.69 Å². The number of thiophene rings is 1. The SMILES string of the molecule is c1ccc2c(N(c3ccc4sc5cccc(-c6ccc7c(c6)oc6ccccc67)c5c4c3)c3ccc4ccc5ccc6ccccc6c5c4c3)cccc2c1. The lowest BCUT2D eigenvalue weighted by molar-refractivity contribution is 0.669. The topological polar surface area (TPSA) is 16.4 Å². The molecule has 0 bridgehead atoms. The van der Waals surface area contributed by atoms with E-state index in [1.807, 2.05) is 23.5 Å². The summed E-state index contributed by atoms with van der Waals surface area (Å²) in [5.41, 5.74) is 7.59. The van der Waals surface area contributed by atoms with Crippen molar-refractivity contribution in [2.45, 2.75) is 0 Å². The van der Waals surface area contributed by atoms with E-state index in [4.69, 9.17) is 4.42 Å². The molecule has 256 valence electrons. The van der Waals surface area contributed by atoms with Crippen LogP contribution in [0.1, 0.15) is 0 Å². The van der Waals surface area contributed by atoms with E-state index in [-0.39, 0.29) is 0 Å². The normalized spacial score (nSPS) is 12.0. The molecule has 0 saturated heterocycles. The van der Waals surface area contributed by atoms with Gasteiger partial charge in [-0.2, -0.15) is 0 Å². The Kier molecular flexibility index (Phi) is 6.54. The molecule has 0 atom stereocenters. The lowest BCUT2D eigenvalue weighted by Gasteiger charge is -2.27. The maximum Gasteiger partial charge on any atom is 0.136 e. The molecule has 2 heterocycles. The molecule has 0 fully saturated rings. The Balaban J connectivity index is 1.11. The lowest BCUT2D eigenvalue weighted by Crippen LogP contribution is -2.10. The van der Waals surface area contributed by atoms with E-state index in [9.17, 15) is 0 Å². The molecule has 0 aliphatic heterocycles. The van der Waals surface area contributed by atoms with Crippen LogP contribution in [-0.2, 0) is 0 Å². The Morgan fingerprint density at radius 2 is 1.00 bits per heavy atom. The van der Waals surface area contributed by atoms with Crippen LogP contribution in [0.25, 0.3) is 96.3 Å². The van der Waals surface area contributed by atoms with E-state index in [1.165, 1.54) is 68.8 Å². The second-order valence-corrected chi connectivity index (χ2v) is 15.5. The lowest BCUT2D eigenvalue weighted by atomic mass is 9.95. The molecule has 0 radical (unpaired) electrons. The van der Waals surface area contributed by atoms with Gasteiger partial charge in [0.1, 0.15) is 11.2 Å². The van der Waals surface area contributed by atoms with Crippen molar-refractivity contribution >= 4 is 114 Å². The Labute approximate surface area is 320 Å². The number of fused-ring (bicyclic) bond motifs is 12. The van der Waals surface area contributed by atoms with Crippen molar-refractivity contribution in [1.82, 2.24) is 0 Å². The molecule has 10 aromatic carbocycles. The summed E-state index contributed by atoms with van der Waals surface area (Å²) in [4.78, 5) is 2.46. The van der Waals surface area contributed by atoms with Crippen LogP contribution >= 0.6 is 11.3 Å². The second-order valence-electron chi connectivity index (χ2n) is 14.5. The summed E-state index contributed by atoms with van der Waals surface area (Å²) in [6, 6.07) is 68.7. The number of benzene rings is 10. The van der Waals surface area contributed by atoms with E-state index in [2.05, 4.69) is 181 Å². The highest BCUT2D eigenvalue weighted by atomic mass is 32.1. The average Bonchev–Trinajstić information content (AvgIpc) is 3.81. The van der Waals surface area contributed by atoms with Crippen LogP contribution < -0.4 is 4.90 Å². The van der Waals surface area contributed by atoms with Gasteiger partial charge in [0, 0.05) is 47.7 Å². The fourth-order valence-corrected chi connectivity index (χ4v) is 9.98. The van der Waals surface area contributed by atoms with Gasteiger partial charge in [0.2, 0.25) is 0 Å². The van der Waals surface area contributed by atoms with Gasteiger partial charge in [-0.1, -0.05) is 127 Å². The first-order valence-corrected chi connectivity index (χ1v) is 19.6. The Bertz CT molecular complexity index is 3510. The molecule has 0 N–H and O–H groups in total. The first-order chi connectivity index (χ1) is 27.2. The maximum atomic E-state index is 6.36. The number of hydrogen-bond donors (Lipinski definition) is 0. The minimum Gasteiger partial charge on any atom is -0.456 e. The highest BCUT2D eigenvalue weighted by molar-refractivity contribution is 7.26. The molecule has 0 spiro atoms. The largest absolute Gasteiger partial charge is 0.456 e. The van der Waals surface area contributed by atoms with Crippen LogP contribution in [0.5, 0.6) is 0 Å². The zero-order valence-corrected chi connectivity index (χ0v) is 30.5. The fourth-order valence-electron chi connectivity index (χ4n) is 8.87. The van der Waals surface area contributed by atoms with E-state index < -0.39 is 0 Å². The summed E-state index contributed by atoms with van der Waals surface area (Å²) in [5, 5.41) is 14.8. The summed E-state index contributed by atoms with van der Waals surface area (Å²) in [6.07, 6.45) is 0. The number of hydrogen-bond acceptors (Lipinski definition) is 3. The smallest absolute Gasteiger partial charge is 0.136 e. The fraction of sp³-hybridized carbons (Fsp3) is 0. The van der Waals surface area contributed by atoms with Gasteiger partial charge in [-0.25, -0.2) is 0 Å². The minimum absolute atomic E-state index is 0.912. The molecule has 0 unspecified atom stereocenters. The van der Waals surface area contributed by atoms with Crippen molar-refractivity contribution in [3.8, 4) is 11.1 Å². The standard InChI is InChI=1S/C52H31NOS/c1-3-12-39-32(9-1)11-7-16-46(39)53(37-25-23-34-20-22-35-21-19-33-10-2-4-13-40(33)51(35)44(34)30-37)38-26-28-49-45(31-38)52-41(15-8-18-50(52)55-49)36-24-27-43-42-14-5-6-17-47(42)54-48(43)29-36/h1-31H. The van der Waals surface area contributed by atoms with Gasteiger partial charge < -0.3 is 9.32 Å². The molecule has 0 amide bonds. The molecule has 0 saturated carbocycles. The van der Waals surface area contributed by atoms with Crippen LogP contribution in [0.2, 0.25) is 0 Å². The average molecular weight is 718 g/mol. The number of nitrogens with zero attached hydrogens (tertiary/aromatic N) is 1. The molecular formula is C52H31NOS. The summed E-state index contributed by atoms with van der Waals surface area (Å²) in [6.45, 7) is 0. The van der Waals surface area contributed by atoms with Crippen LogP contribution in [0, 0.1) is 0 Å². The molecule has 3 heteroatoms. The number of para-hydroxylation sites is 1. The van der Waals surface area contributed by atoms with Crippen molar-refractivity contribution in [1.29, 1.82) is 0 Å². The Hall–Kier alpha value is -6.94. The summed E-state index contributed by atoms with van der Waals surface area (Å²) >= 11 is 1.85. The third-order valence-electron chi connectivity index (χ3n) is 11.4. The predicted molar refractivity (Wildman–Crippen MR) is 237 cm³/mol. The van der Waals surface area contributed by atoms with Gasteiger partial charge in [0.25, 0.3) is 0 Å². The number of furan rings is 1. The molecule has 12 aromatic rings. The van der Waals surface area contributed by atoms with E-state index in [1.54, 1.807) is 0 Å². The first kappa shape index (κ1) is 30.5.